The van der Waals surface area contributed by atoms with E-state index in [9.17, 15) is 14.7 Å². The number of phenols is 1. The van der Waals surface area contributed by atoms with E-state index in [1.165, 1.54) is 11.0 Å². The molecule has 0 saturated carbocycles. The van der Waals surface area contributed by atoms with Crippen molar-refractivity contribution in [3.8, 4) is 5.75 Å². The summed E-state index contributed by atoms with van der Waals surface area (Å²) in [7, 11) is 0. The third kappa shape index (κ3) is 2.66. The van der Waals surface area contributed by atoms with Crippen LogP contribution in [0.15, 0.2) is 18.2 Å². The number of halogens is 1. The van der Waals surface area contributed by atoms with Crippen molar-refractivity contribution < 1.29 is 19.8 Å². The Morgan fingerprint density at radius 1 is 1.42 bits per heavy atom. The van der Waals surface area contributed by atoms with Gasteiger partial charge in [0, 0.05) is 16.7 Å². The Hall–Kier alpha value is -1.35. The van der Waals surface area contributed by atoms with E-state index >= 15 is 0 Å². The van der Waals surface area contributed by atoms with Gasteiger partial charge in [0.15, 0.2) is 0 Å². The van der Waals surface area contributed by atoms with Crippen LogP contribution in [-0.2, 0) is 4.79 Å². The summed E-state index contributed by atoms with van der Waals surface area (Å²) in [6.45, 7) is 0.221. The van der Waals surface area contributed by atoms with Gasteiger partial charge in [-0.15, -0.1) is 0 Å². The number of nitrogens with zero attached hydrogens (tertiary/aromatic N) is 1. The van der Waals surface area contributed by atoms with Crippen LogP contribution < -0.4 is 5.73 Å². The van der Waals surface area contributed by atoms with Crippen molar-refractivity contribution in [2.45, 2.75) is 12.0 Å². The Morgan fingerprint density at radius 2 is 2.11 bits per heavy atom. The second kappa shape index (κ2) is 4.97. The first-order valence-corrected chi connectivity index (χ1v) is 6.71. The number of hydrogen-bond acceptors (Lipinski definition) is 4. The normalized spacial score (nSPS) is 22.5. The van der Waals surface area contributed by atoms with E-state index in [0.717, 1.165) is 3.57 Å². The van der Waals surface area contributed by atoms with Crippen molar-refractivity contribution in [3.05, 3.63) is 27.3 Å². The van der Waals surface area contributed by atoms with Crippen molar-refractivity contribution in [2.24, 2.45) is 5.73 Å². The lowest BCUT2D eigenvalue weighted by molar-refractivity contribution is -0.142. The largest absolute Gasteiger partial charge is 0.507 e. The Bertz CT molecular complexity index is 549. The number of carbonyl (C=O) groups is 2. The van der Waals surface area contributed by atoms with Crippen molar-refractivity contribution >= 4 is 34.5 Å². The van der Waals surface area contributed by atoms with Gasteiger partial charge in [0.2, 0.25) is 0 Å². The van der Waals surface area contributed by atoms with Crippen LogP contribution in [0.4, 0.5) is 0 Å². The van der Waals surface area contributed by atoms with Gasteiger partial charge in [0.25, 0.3) is 5.91 Å². The van der Waals surface area contributed by atoms with Gasteiger partial charge >= 0.3 is 5.97 Å². The number of rotatable bonds is 2. The summed E-state index contributed by atoms with van der Waals surface area (Å²) >= 11 is 2.04. The summed E-state index contributed by atoms with van der Waals surface area (Å²) in [5.41, 5.74) is 4.49. The van der Waals surface area contributed by atoms with Crippen LogP contribution in [0, 0.1) is 3.57 Å². The van der Waals surface area contributed by atoms with Crippen LogP contribution in [0.2, 0.25) is 0 Å². The average Bonchev–Trinajstić information content (AvgIpc) is 2.76. The van der Waals surface area contributed by atoms with Gasteiger partial charge < -0.3 is 20.8 Å². The molecule has 0 aromatic heterocycles. The highest BCUT2D eigenvalue weighted by Gasteiger charge is 2.43. The second-order valence-corrected chi connectivity index (χ2v) is 5.85. The van der Waals surface area contributed by atoms with Crippen molar-refractivity contribution in [1.82, 2.24) is 4.90 Å². The first kappa shape index (κ1) is 14.1. The zero-order chi connectivity index (χ0) is 14.2. The number of aliphatic carboxylic acids is 1. The number of benzene rings is 1. The van der Waals surface area contributed by atoms with E-state index in [1.807, 2.05) is 22.6 Å². The molecule has 4 N–H and O–H groups in total. The molecule has 1 aromatic carbocycles. The number of likely N-dealkylation sites (tertiary alicyclic amines) is 1. The molecular formula is C12H13IN2O4. The molecule has 1 unspecified atom stereocenters. The average molecular weight is 376 g/mol. The number of carboxylic acid groups (broad SMARTS) is 1. The number of amides is 1. The highest BCUT2D eigenvalue weighted by molar-refractivity contribution is 14.1. The molecule has 1 aliphatic heterocycles. The van der Waals surface area contributed by atoms with Gasteiger partial charge in [0.1, 0.15) is 11.3 Å². The summed E-state index contributed by atoms with van der Waals surface area (Å²) < 4.78 is 0.815. The van der Waals surface area contributed by atoms with Crippen LogP contribution in [0.1, 0.15) is 16.8 Å². The van der Waals surface area contributed by atoms with Gasteiger partial charge in [0.05, 0.1) is 5.56 Å². The molecule has 0 spiro atoms. The van der Waals surface area contributed by atoms with Crippen LogP contribution in [0.3, 0.4) is 0 Å². The van der Waals surface area contributed by atoms with Gasteiger partial charge in [-0.2, -0.15) is 0 Å². The third-order valence-corrected chi connectivity index (χ3v) is 3.87. The molecule has 0 aliphatic carbocycles. The topological polar surface area (TPSA) is 104 Å². The summed E-state index contributed by atoms with van der Waals surface area (Å²) in [6, 6.07) is 4.69. The molecule has 1 amide bonds. The molecule has 1 atom stereocenters. The molecule has 1 fully saturated rings. The number of carboxylic acids is 1. The molecular weight excluding hydrogens is 363 g/mol. The van der Waals surface area contributed by atoms with Gasteiger partial charge in [-0.25, -0.2) is 0 Å². The monoisotopic (exact) mass is 376 g/mol. The molecule has 19 heavy (non-hydrogen) atoms. The fraction of sp³-hybridized carbons (Fsp3) is 0.333. The minimum atomic E-state index is -1.40. The van der Waals surface area contributed by atoms with Crippen molar-refractivity contribution in [3.63, 3.8) is 0 Å². The molecule has 2 rings (SSSR count). The third-order valence-electron chi connectivity index (χ3n) is 3.20. The Labute approximate surface area is 123 Å². The predicted octanol–water partition coefficient (Wildman–Crippen LogP) is 0.625. The van der Waals surface area contributed by atoms with E-state index in [4.69, 9.17) is 10.8 Å². The summed E-state index contributed by atoms with van der Waals surface area (Å²) in [6.07, 6.45) is 0.207. The zero-order valence-corrected chi connectivity index (χ0v) is 12.1. The van der Waals surface area contributed by atoms with Crippen LogP contribution in [0.25, 0.3) is 0 Å². The minimum absolute atomic E-state index is 0.0495. The summed E-state index contributed by atoms with van der Waals surface area (Å²) in [5, 5.41) is 18.7. The predicted molar refractivity (Wildman–Crippen MR) is 75.9 cm³/mol. The first-order chi connectivity index (χ1) is 8.83. The highest BCUT2D eigenvalue weighted by atomic mass is 127. The molecule has 7 heteroatoms. The van der Waals surface area contributed by atoms with E-state index in [-0.39, 0.29) is 30.8 Å². The fourth-order valence-electron chi connectivity index (χ4n) is 2.03. The lowest BCUT2D eigenvalue weighted by Crippen LogP contribution is -2.50. The molecule has 6 nitrogen and oxygen atoms in total. The van der Waals surface area contributed by atoms with Gasteiger partial charge in [-0.1, -0.05) is 0 Å². The SMILES string of the molecule is NC1(C(=O)O)CCN(C(=O)c2cc(I)ccc2O)C1. The fourth-order valence-corrected chi connectivity index (χ4v) is 2.52. The highest BCUT2D eigenvalue weighted by Crippen LogP contribution is 2.25. The lowest BCUT2D eigenvalue weighted by Gasteiger charge is -2.20. The summed E-state index contributed by atoms with van der Waals surface area (Å²) in [5.74, 6) is -1.63. The molecule has 1 heterocycles. The molecule has 102 valence electrons. The van der Waals surface area contributed by atoms with Crippen LogP contribution in [-0.4, -0.2) is 45.6 Å². The number of carbonyl (C=O) groups excluding carboxylic acids is 1. The quantitative estimate of drug-likeness (QED) is 0.657. The second-order valence-electron chi connectivity index (χ2n) is 4.60. The maximum Gasteiger partial charge on any atom is 0.325 e. The van der Waals surface area contributed by atoms with Crippen molar-refractivity contribution in [1.29, 1.82) is 0 Å². The smallest absolute Gasteiger partial charge is 0.325 e. The Kier molecular flexibility index (Phi) is 3.68. The Morgan fingerprint density at radius 3 is 2.68 bits per heavy atom. The number of phenolic OH excluding ortho intramolecular Hbond substituents is 1. The van der Waals surface area contributed by atoms with Crippen molar-refractivity contribution in [2.75, 3.05) is 13.1 Å². The van der Waals surface area contributed by atoms with Gasteiger partial charge in [-0.05, 0) is 47.2 Å². The maximum absolute atomic E-state index is 12.2. The molecule has 1 aliphatic rings. The standard InChI is InChI=1S/C12H13IN2O4/c13-7-1-2-9(16)8(5-7)10(17)15-4-3-12(14,6-15)11(18)19/h1-2,5,16H,3-4,6,14H2,(H,18,19). The Balaban J connectivity index is 2.22. The lowest BCUT2D eigenvalue weighted by atomic mass is 10.0. The van der Waals surface area contributed by atoms with E-state index in [0.29, 0.717) is 0 Å². The number of nitrogens with two attached hydrogens (primary N) is 1. The zero-order valence-electron chi connectivity index (χ0n) is 9.97. The van der Waals surface area contributed by atoms with E-state index in [2.05, 4.69) is 0 Å². The molecule has 1 aromatic rings. The molecule has 1 saturated heterocycles. The maximum atomic E-state index is 12.2. The minimum Gasteiger partial charge on any atom is -0.507 e. The molecule has 0 radical (unpaired) electrons. The van der Waals surface area contributed by atoms with E-state index in [1.54, 1.807) is 12.1 Å². The first-order valence-electron chi connectivity index (χ1n) is 5.63. The number of aromatic hydroxyl groups is 1. The van der Waals surface area contributed by atoms with Crippen LogP contribution >= 0.6 is 22.6 Å². The number of hydrogen-bond donors (Lipinski definition) is 3. The van der Waals surface area contributed by atoms with E-state index < -0.39 is 17.4 Å². The summed E-state index contributed by atoms with van der Waals surface area (Å²) in [4.78, 5) is 24.6. The van der Waals surface area contributed by atoms with Crippen LogP contribution in [0.5, 0.6) is 5.75 Å². The van der Waals surface area contributed by atoms with Gasteiger partial charge in [-0.3, -0.25) is 9.59 Å². The molecule has 0 bridgehead atoms.